The average Bonchev–Trinajstić information content (AvgIpc) is 2.63. The predicted molar refractivity (Wildman–Crippen MR) is 52.5 cm³/mol. The molecule has 0 saturated heterocycles. The number of pyridine rings is 1. The van der Waals surface area contributed by atoms with Gasteiger partial charge in [-0.2, -0.15) is 0 Å². The Kier molecular flexibility index (Phi) is 2.18. The van der Waals surface area contributed by atoms with Gasteiger partial charge in [0.1, 0.15) is 0 Å². The Bertz CT molecular complexity index is 437. The first-order valence-electron chi connectivity index (χ1n) is 4.42. The zero-order valence-corrected chi connectivity index (χ0v) is 7.81. The number of aromatic amines is 1. The first-order chi connectivity index (χ1) is 6.70. The molecular weight excluding hydrogens is 180 g/mol. The molecule has 0 fully saturated rings. The molecule has 0 aromatic carbocycles. The van der Waals surface area contributed by atoms with Gasteiger partial charge in [0.25, 0.3) is 0 Å². The molecule has 0 aliphatic heterocycles. The molecule has 5 nitrogen and oxygen atoms in total. The van der Waals surface area contributed by atoms with Gasteiger partial charge in [-0.25, -0.2) is 9.97 Å². The van der Waals surface area contributed by atoms with Gasteiger partial charge in [-0.1, -0.05) is 0 Å². The van der Waals surface area contributed by atoms with Gasteiger partial charge >= 0.3 is 0 Å². The summed E-state index contributed by atoms with van der Waals surface area (Å²) in [6.45, 7) is 1.76. The minimum absolute atomic E-state index is 0.316. The number of rotatable bonds is 2. The number of nitrogens with zero attached hydrogens (tertiary/aromatic N) is 2. The molecule has 14 heavy (non-hydrogen) atoms. The second-order valence-electron chi connectivity index (χ2n) is 3.31. The Balaban J connectivity index is 2.56. The third kappa shape index (κ3) is 1.36. The molecule has 0 radical (unpaired) electrons. The summed E-state index contributed by atoms with van der Waals surface area (Å²) >= 11 is 0. The van der Waals surface area contributed by atoms with E-state index in [-0.39, 0.29) is 6.04 Å². The van der Waals surface area contributed by atoms with Gasteiger partial charge in [0.2, 0.25) is 0 Å². The fourth-order valence-corrected chi connectivity index (χ4v) is 1.40. The minimum atomic E-state index is -0.694. The van der Waals surface area contributed by atoms with Crippen molar-refractivity contribution in [1.29, 1.82) is 0 Å². The molecule has 2 heterocycles. The van der Waals surface area contributed by atoms with Crippen molar-refractivity contribution in [2.75, 3.05) is 0 Å². The Morgan fingerprint density at radius 1 is 1.50 bits per heavy atom. The second kappa shape index (κ2) is 3.36. The quantitative estimate of drug-likeness (QED) is 0.640. The lowest BCUT2D eigenvalue weighted by molar-refractivity contribution is 0.154. The van der Waals surface area contributed by atoms with E-state index in [0.29, 0.717) is 5.65 Å². The van der Waals surface area contributed by atoms with Crippen molar-refractivity contribution in [1.82, 2.24) is 15.0 Å². The van der Waals surface area contributed by atoms with Gasteiger partial charge in [0.05, 0.1) is 17.9 Å². The molecule has 0 bridgehead atoms. The topological polar surface area (TPSA) is 87.8 Å². The number of aliphatic hydroxyl groups is 1. The van der Waals surface area contributed by atoms with Crippen LogP contribution in [0.1, 0.15) is 18.6 Å². The van der Waals surface area contributed by atoms with E-state index >= 15 is 0 Å². The summed E-state index contributed by atoms with van der Waals surface area (Å²) in [5.74, 6) is 0. The summed E-state index contributed by atoms with van der Waals surface area (Å²) in [5.41, 5.74) is 7.71. The van der Waals surface area contributed by atoms with Crippen LogP contribution < -0.4 is 5.73 Å². The van der Waals surface area contributed by atoms with Crippen LogP contribution in [0.5, 0.6) is 0 Å². The molecule has 0 aliphatic carbocycles. The van der Waals surface area contributed by atoms with Gasteiger partial charge in [-0.15, -0.1) is 0 Å². The van der Waals surface area contributed by atoms with Gasteiger partial charge < -0.3 is 15.8 Å². The maximum absolute atomic E-state index is 9.81. The number of aliphatic hydroxyl groups excluding tert-OH is 1. The summed E-state index contributed by atoms with van der Waals surface area (Å²) in [4.78, 5) is 11.0. The maximum atomic E-state index is 9.81. The number of nitrogens with two attached hydrogens (primary N) is 1. The first-order valence-corrected chi connectivity index (χ1v) is 4.42. The highest BCUT2D eigenvalue weighted by molar-refractivity contribution is 5.74. The van der Waals surface area contributed by atoms with Gasteiger partial charge in [-0.05, 0) is 13.0 Å². The van der Waals surface area contributed by atoms with Crippen LogP contribution in [-0.2, 0) is 0 Å². The number of H-pyrrole nitrogens is 1. The molecule has 2 rings (SSSR count). The highest BCUT2D eigenvalue weighted by Gasteiger charge is 2.16. The molecule has 2 aromatic rings. The SMILES string of the molecule is CC(N)C(O)c1ccnc2nc[nH]c12. The van der Waals surface area contributed by atoms with E-state index < -0.39 is 6.10 Å². The van der Waals surface area contributed by atoms with Gasteiger partial charge in [-0.3, -0.25) is 0 Å². The lowest BCUT2D eigenvalue weighted by atomic mass is 10.0. The molecule has 0 spiro atoms. The summed E-state index contributed by atoms with van der Waals surface area (Å²) in [6.07, 6.45) is 2.47. The molecule has 4 N–H and O–H groups in total. The van der Waals surface area contributed by atoms with Gasteiger partial charge in [0, 0.05) is 17.8 Å². The van der Waals surface area contributed by atoms with Crippen molar-refractivity contribution in [3.8, 4) is 0 Å². The molecule has 0 saturated carbocycles. The molecule has 74 valence electrons. The number of nitrogens with one attached hydrogen (secondary N) is 1. The lowest BCUT2D eigenvalue weighted by Gasteiger charge is -2.14. The van der Waals surface area contributed by atoms with Crippen LogP contribution in [0.3, 0.4) is 0 Å². The monoisotopic (exact) mass is 192 g/mol. The van der Waals surface area contributed by atoms with E-state index in [1.54, 1.807) is 25.5 Å². The van der Waals surface area contributed by atoms with Crippen LogP contribution in [0, 0.1) is 0 Å². The van der Waals surface area contributed by atoms with E-state index in [2.05, 4.69) is 15.0 Å². The molecule has 0 aliphatic rings. The van der Waals surface area contributed by atoms with E-state index in [4.69, 9.17) is 5.73 Å². The zero-order valence-electron chi connectivity index (χ0n) is 7.81. The molecular formula is C9H12N4O. The van der Waals surface area contributed by atoms with Crippen LogP contribution in [-0.4, -0.2) is 26.1 Å². The van der Waals surface area contributed by atoms with E-state index in [1.807, 2.05) is 0 Å². The minimum Gasteiger partial charge on any atom is -0.387 e. The summed E-state index contributed by atoms with van der Waals surface area (Å²) in [7, 11) is 0. The first kappa shape index (κ1) is 9.11. The summed E-state index contributed by atoms with van der Waals surface area (Å²) < 4.78 is 0. The van der Waals surface area contributed by atoms with Crippen molar-refractivity contribution < 1.29 is 5.11 Å². The fraction of sp³-hybridized carbons (Fsp3) is 0.333. The second-order valence-corrected chi connectivity index (χ2v) is 3.31. The van der Waals surface area contributed by atoms with Crippen molar-refractivity contribution in [2.45, 2.75) is 19.1 Å². The number of hydrogen-bond donors (Lipinski definition) is 3. The van der Waals surface area contributed by atoms with Crippen LogP contribution in [0.15, 0.2) is 18.6 Å². The third-order valence-corrected chi connectivity index (χ3v) is 2.18. The summed E-state index contributed by atoms with van der Waals surface area (Å²) in [6, 6.07) is 1.43. The average molecular weight is 192 g/mol. The predicted octanol–water partition coefficient (Wildman–Crippen LogP) is 0.339. The van der Waals surface area contributed by atoms with Crippen molar-refractivity contribution >= 4 is 11.2 Å². The van der Waals surface area contributed by atoms with Gasteiger partial charge in [0.15, 0.2) is 5.65 Å². The normalized spacial score (nSPS) is 15.6. The maximum Gasteiger partial charge on any atom is 0.177 e. The molecule has 2 atom stereocenters. The lowest BCUT2D eigenvalue weighted by Crippen LogP contribution is -2.24. The Morgan fingerprint density at radius 3 is 3.00 bits per heavy atom. The highest BCUT2D eigenvalue weighted by atomic mass is 16.3. The van der Waals surface area contributed by atoms with Crippen molar-refractivity contribution in [3.05, 3.63) is 24.2 Å². The molecule has 5 heteroatoms. The Morgan fingerprint density at radius 2 is 2.29 bits per heavy atom. The smallest absolute Gasteiger partial charge is 0.177 e. The van der Waals surface area contributed by atoms with Crippen molar-refractivity contribution in [2.24, 2.45) is 5.73 Å². The fourth-order valence-electron chi connectivity index (χ4n) is 1.40. The van der Waals surface area contributed by atoms with Crippen LogP contribution >= 0.6 is 0 Å². The number of imidazole rings is 1. The zero-order chi connectivity index (χ0) is 10.1. The van der Waals surface area contributed by atoms with Crippen LogP contribution in [0.25, 0.3) is 11.2 Å². The third-order valence-electron chi connectivity index (χ3n) is 2.18. The Hall–Kier alpha value is -1.46. The van der Waals surface area contributed by atoms with E-state index in [0.717, 1.165) is 11.1 Å². The standard InChI is InChI=1S/C9H12N4O/c1-5(10)8(14)6-2-3-11-9-7(6)12-4-13-9/h2-5,8,14H,10H2,1H3,(H,11,12,13). The largest absolute Gasteiger partial charge is 0.387 e. The number of hydrogen-bond acceptors (Lipinski definition) is 4. The molecule has 2 unspecified atom stereocenters. The summed E-state index contributed by atoms with van der Waals surface area (Å²) in [5, 5.41) is 9.81. The molecule has 2 aromatic heterocycles. The Labute approximate surface area is 81.0 Å². The van der Waals surface area contributed by atoms with E-state index in [1.165, 1.54) is 0 Å². The highest BCUT2D eigenvalue weighted by Crippen LogP contribution is 2.21. The molecule has 0 amide bonds. The van der Waals surface area contributed by atoms with Crippen molar-refractivity contribution in [3.63, 3.8) is 0 Å². The van der Waals surface area contributed by atoms with Crippen LogP contribution in [0.4, 0.5) is 0 Å². The van der Waals surface area contributed by atoms with Crippen LogP contribution in [0.2, 0.25) is 0 Å². The number of aromatic nitrogens is 3. The number of fused-ring (bicyclic) bond motifs is 1. The van der Waals surface area contributed by atoms with E-state index in [9.17, 15) is 5.11 Å².